The first-order chi connectivity index (χ1) is 20.4. The van der Waals surface area contributed by atoms with Crippen molar-refractivity contribution in [1.29, 1.82) is 0 Å². The molecule has 0 saturated carbocycles. The summed E-state index contributed by atoms with van der Waals surface area (Å²) < 4.78 is 64.5. The molecule has 0 aliphatic carbocycles. The number of benzene rings is 2. The fourth-order valence-corrected chi connectivity index (χ4v) is 6.76. The predicted octanol–water partition coefficient (Wildman–Crippen LogP) is 4.88. The van der Waals surface area contributed by atoms with E-state index in [2.05, 4.69) is 11.6 Å². The molecule has 3 aliphatic heterocycles. The standard InChI is InChI=1S/C30H30ClF4N5O3/c1-4-24(41)38-11-17(3)39(12-16(38)2)28-21-10-22(31)25(20-6-5-18(32)9-23(20)33)27-26(21)40(29(42)36-28)19(14-43-27)13-37-8-7-30(34,35)15-37/h4-6,9-10,16-17,19H,1,7-8,11-15H2,2-3H3/t16-,17+,19-/m1/s1. The summed E-state index contributed by atoms with van der Waals surface area (Å²) in [6.07, 6.45) is 0.980. The molecular formula is C30H30ClF4N5O3. The molecule has 1 aromatic heterocycles. The summed E-state index contributed by atoms with van der Waals surface area (Å²) in [5.41, 5.74) is -0.201. The third kappa shape index (κ3) is 5.14. The van der Waals surface area contributed by atoms with Gasteiger partial charge in [-0.15, -0.1) is 0 Å². The van der Waals surface area contributed by atoms with Crippen molar-refractivity contribution in [2.24, 2.45) is 0 Å². The van der Waals surface area contributed by atoms with Gasteiger partial charge in [0.25, 0.3) is 5.92 Å². The van der Waals surface area contributed by atoms with Crippen molar-refractivity contribution in [3.8, 4) is 16.9 Å². The molecule has 0 N–H and O–H groups in total. The van der Waals surface area contributed by atoms with Crippen molar-refractivity contribution >= 4 is 34.2 Å². The first-order valence-electron chi connectivity index (χ1n) is 14.1. The fraction of sp³-hybridized carbons (Fsp3) is 0.433. The zero-order chi connectivity index (χ0) is 30.8. The fourth-order valence-electron chi connectivity index (χ4n) is 6.46. The zero-order valence-electron chi connectivity index (χ0n) is 23.6. The highest BCUT2D eigenvalue weighted by atomic mass is 35.5. The average Bonchev–Trinajstić information content (AvgIpc) is 3.30. The molecule has 3 aromatic rings. The Kier molecular flexibility index (Phi) is 7.40. The normalized spacial score (nSPS) is 23.5. The minimum atomic E-state index is -2.82. The molecule has 2 aromatic carbocycles. The lowest BCUT2D eigenvalue weighted by molar-refractivity contribution is -0.128. The van der Waals surface area contributed by atoms with Gasteiger partial charge in [-0.25, -0.2) is 22.4 Å². The van der Waals surface area contributed by atoms with Crippen molar-refractivity contribution in [3.63, 3.8) is 0 Å². The summed E-state index contributed by atoms with van der Waals surface area (Å²) in [7, 11) is 0. The Bertz CT molecular complexity index is 1700. The molecule has 2 fully saturated rings. The molecular weight excluding hydrogens is 590 g/mol. The van der Waals surface area contributed by atoms with Gasteiger partial charge in [0, 0.05) is 67.3 Å². The molecule has 228 valence electrons. The van der Waals surface area contributed by atoms with E-state index in [-0.39, 0.29) is 66.0 Å². The maximum atomic E-state index is 15.1. The Balaban J connectivity index is 1.54. The number of carbonyl (C=O) groups is 1. The van der Waals surface area contributed by atoms with Gasteiger partial charge in [0.15, 0.2) is 5.75 Å². The van der Waals surface area contributed by atoms with Crippen LogP contribution in [0.25, 0.3) is 22.0 Å². The summed E-state index contributed by atoms with van der Waals surface area (Å²) in [5, 5.41) is 0.546. The third-order valence-electron chi connectivity index (χ3n) is 8.52. The first-order valence-corrected chi connectivity index (χ1v) is 14.4. The maximum Gasteiger partial charge on any atom is 0.350 e. The monoisotopic (exact) mass is 619 g/mol. The molecule has 3 atom stereocenters. The van der Waals surface area contributed by atoms with Crippen LogP contribution in [0, 0.1) is 11.6 Å². The van der Waals surface area contributed by atoms with Gasteiger partial charge in [0.1, 0.15) is 24.1 Å². The van der Waals surface area contributed by atoms with Gasteiger partial charge in [-0.05, 0) is 38.1 Å². The number of anilines is 1. The predicted molar refractivity (Wildman–Crippen MR) is 155 cm³/mol. The van der Waals surface area contributed by atoms with E-state index >= 15 is 4.39 Å². The van der Waals surface area contributed by atoms with Gasteiger partial charge < -0.3 is 14.5 Å². The minimum Gasteiger partial charge on any atom is -0.488 e. The molecule has 0 bridgehead atoms. The molecule has 3 aliphatic rings. The lowest BCUT2D eigenvalue weighted by Gasteiger charge is -2.45. The van der Waals surface area contributed by atoms with Crippen molar-refractivity contribution in [1.82, 2.24) is 19.4 Å². The smallest absolute Gasteiger partial charge is 0.350 e. The Morgan fingerprint density at radius 2 is 1.98 bits per heavy atom. The number of halogens is 5. The van der Waals surface area contributed by atoms with Crippen LogP contribution in [-0.2, 0) is 4.79 Å². The summed E-state index contributed by atoms with van der Waals surface area (Å²) >= 11 is 6.78. The first kappa shape index (κ1) is 29.4. The van der Waals surface area contributed by atoms with Crippen LogP contribution in [-0.4, -0.2) is 82.6 Å². The Morgan fingerprint density at radius 3 is 2.65 bits per heavy atom. The topological polar surface area (TPSA) is 70.9 Å². The van der Waals surface area contributed by atoms with Crippen LogP contribution in [0.4, 0.5) is 23.4 Å². The number of ether oxygens (including phenoxy) is 1. The Hall–Kier alpha value is -3.64. The average molecular weight is 620 g/mol. The largest absolute Gasteiger partial charge is 0.488 e. The summed E-state index contributed by atoms with van der Waals surface area (Å²) in [6, 6.07) is 3.50. The zero-order valence-corrected chi connectivity index (χ0v) is 24.4. The number of amides is 1. The quantitative estimate of drug-likeness (QED) is 0.300. The molecule has 0 unspecified atom stereocenters. The van der Waals surface area contributed by atoms with Gasteiger partial charge in [0.05, 0.1) is 23.1 Å². The van der Waals surface area contributed by atoms with Crippen LogP contribution in [0.1, 0.15) is 26.3 Å². The molecule has 43 heavy (non-hydrogen) atoms. The van der Waals surface area contributed by atoms with E-state index in [0.29, 0.717) is 29.8 Å². The SMILES string of the molecule is C=CC(=O)N1C[C@H](C)N(c2nc(=O)n3c4c(c(-c5ccc(F)cc5F)c(Cl)cc24)OC[C@H]3CN2CCC(F)(F)C2)C[C@H]1C. The van der Waals surface area contributed by atoms with Crippen LogP contribution in [0.2, 0.25) is 5.02 Å². The Labute approximate surface area is 250 Å². The molecule has 4 heterocycles. The number of alkyl halides is 2. The van der Waals surface area contributed by atoms with E-state index in [4.69, 9.17) is 16.3 Å². The molecule has 2 saturated heterocycles. The van der Waals surface area contributed by atoms with Crippen LogP contribution in [0.15, 0.2) is 41.7 Å². The molecule has 1 amide bonds. The van der Waals surface area contributed by atoms with Crippen molar-refractivity contribution in [2.75, 3.05) is 44.2 Å². The Morgan fingerprint density at radius 1 is 1.21 bits per heavy atom. The summed E-state index contributed by atoms with van der Waals surface area (Å²) in [5.74, 6) is -4.22. The number of carbonyl (C=O) groups excluding carboxylic acids is 1. The highest BCUT2D eigenvalue weighted by molar-refractivity contribution is 6.35. The number of piperazine rings is 1. The summed E-state index contributed by atoms with van der Waals surface area (Å²) in [4.78, 5) is 36.0. The van der Waals surface area contributed by atoms with E-state index < -0.39 is 35.8 Å². The van der Waals surface area contributed by atoms with Gasteiger partial charge in [-0.1, -0.05) is 18.2 Å². The van der Waals surface area contributed by atoms with Gasteiger partial charge in [-0.2, -0.15) is 4.98 Å². The maximum absolute atomic E-state index is 15.1. The van der Waals surface area contributed by atoms with Crippen molar-refractivity contribution in [3.05, 3.63) is 64.1 Å². The van der Waals surface area contributed by atoms with Crippen LogP contribution in [0.5, 0.6) is 5.75 Å². The van der Waals surface area contributed by atoms with E-state index in [1.807, 2.05) is 18.7 Å². The second kappa shape index (κ2) is 10.8. The van der Waals surface area contributed by atoms with Gasteiger partial charge >= 0.3 is 5.69 Å². The molecule has 8 nitrogen and oxygen atoms in total. The molecule has 13 heteroatoms. The number of aromatic nitrogens is 2. The lowest BCUT2D eigenvalue weighted by atomic mass is 9.99. The van der Waals surface area contributed by atoms with Crippen molar-refractivity contribution < 1.29 is 27.1 Å². The van der Waals surface area contributed by atoms with Crippen LogP contribution >= 0.6 is 11.6 Å². The van der Waals surface area contributed by atoms with E-state index in [9.17, 15) is 22.8 Å². The van der Waals surface area contributed by atoms with E-state index in [1.54, 1.807) is 15.9 Å². The lowest BCUT2D eigenvalue weighted by Crippen LogP contribution is -2.58. The molecule has 0 spiro atoms. The van der Waals surface area contributed by atoms with Crippen LogP contribution in [0.3, 0.4) is 0 Å². The highest BCUT2D eigenvalue weighted by Gasteiger charge is 2.41. The van der Waals surface area contributed by atoms with E-state index in [0.717, 1.165) is 12.1 Å². The molecule has 0 radical (unpaired) electrons. The number of rotatable bonds is 5. The second-order valence-corrected chi connectivity index (χ2v) is 11.9. The van der Waals surface area contributed by atoms with Crippen molar-refractivity contribution in [2.45, 2.75) is 44.3 Å². The second-order valence-electron chi connectivity index (χ2n) is 11.5. The van der Waals surface area contributed by atoms with Gasteiger partial charge in [0.2, 0.25) is 5.91 Å². The third-order valence-corrected chi connectivity index (χ3v) is 8.81. The number of hydrogen-bond acceptors (Lipinski definition) is 6. The number of likely N-dealkylation sites (tertiary alicyclic amines) is 1. The van der Waals surface area contributed by atoms with Crippen LogP contribution < -0.4 is 15.3 Å². The highest BCUT2D eigenvalue weighted by Crippen LogP contribution is 2.47. The molecule has 6 rings (SSSR count). The van der Waals surface area contributed by atoms with E-state index in [1.165, 1.54) is 16.7 Å². The number of nitrogens with zero attached hydrogens (tertiary/aromatic N) is 5. The summed E-state index contributed by atoms with van der Waals surface area (Å²) in [6.45, 7) is 7.83. The number of hydrogen-bond donors (Lipinski definition) is 0. The van der Waals surface area contributed by atoms with Gasteiger partial charge in [-0.3, -0.25) is 14.3 Å². The minimum absolute atomic E-state index is 0.0168.